The Morgan fingerprint density at radius 1 is 1.09 bits per heavy atom. The number of nitrogens with zero attached hydrogens (tertiary/aromatic N) is 4. The molecule has 12 nitrogen and oxygen atoms in total. The van der Waals surface area contributed by atoms with Crippen LogP contribution < -0.4 is 20.7 Å². The molecule has 0 saturated carbocycles. The number of methoxy groups -OCH3 is 1. The number of aromatic nitrogens is 3. The van der Waals surface area contributed by atoms with Crippen LogP contribution in [0.2, 0.25) is 0 Å². The van der Waals surface area contributed by atoms with E-state index in [1.165, 1.54) is 20.2 Å². The number of nitrogens with one attached hydrogen (secondary N) is 3. The van der Waals surface area contributed by atoms with Gasteiger partial charge in [-0.2, -0.15) is 0 Å². The lowest BCUT2D eigenvalue weighted by atomic mass is 9.95. The predicted molar refractivity (Wildman–Crippen MR) is 161 cm³/mol. The van der Waals surface area contributed by atoms with Gasteiger partial charge in [0.15, 0.2) is 23.0 Å². The van der Waals surface area contributed by atoms with Gasteiger partial charge in [0, 0.05) is 55.3 Å². The molecule has 0 unspecified atom stereocenters. The van der Waals surface area contributed by atoms with Gasteiger partial charge in [0.05, 0.1) is 25.5 Å². The Kier molecular flexibility index (Phi) is 9.22. The van der Waals surface area contributed by atoms with Gasteiger partial charge in [-0.15, -0.1) is 0 Å². The van der Waals surface area contributed by atoms with Crippen molar-refractivity contribution >= 4 is 35.1 Å². The molecule has 0 atom stereocenters. The van der Waals surface area contributed by atoms with Crippen LogP contribution in [0.4, 0.5) is 20.7 Å². The molecule has 3 amide bonds. The SMILES string of the molecule is CNC(=O)OCCNC(=O)C1CCN(C(=O)c2ccc(Nc3nccn4c(-c5ccc(OC)c(F)c5)cnc34)cc2C)CC1. The van der Waals surface area contributed by atoms with E-state index in [0.717, 1.165) is 11.3 Å². The number of carbonyl (C=O) groups excluding carboxylic acids is 3. The van der Waals surface area contributed by atoms with Crippen LogP contribution >= 0.6 is 0 Å². The number of piperidine rings is 1. The molecule has 0 radical (unpaired) electrons. The van der Waals surface area contributed by atoms with Crippen molar-refractivity contribution in [3.63, 3.8) is 0 Å². The van der Waals surface area contributed by atoms with Gasteiger partial charge in [-0.05, 0) is 61.7 Å². The zero-order valence-electron chi connectivity index (χ0n) is 24.7. The number of halogens is 1. The normalized spacial score (nSPS) is 13.4. The van der Waals surface area contributed by atoms with Crippen molar-refractivity contribution in [3.8, 4) is 17.0 Å². The first-order valence-electron chi connectivity index (χ1n) is 14.2. The smallest absolute Gasteiger partial charge is 0.406 e. The van der Waals surface area contributed by atoms with Gasteiger partial charge in [0.1, 0.15) is 6.61 Å². The highest BCUT2D eigenvalue weighted by molar-refractivity contribution is 5.96. The molecular formula is C31H34FN7O5. The van der Waals surface area contributed by atoms with Crippen molar-refractivity contribution in [2.45, 2.75) is 19.8 Å². The number of hydrogen-bond acceptors (Lipinski definition) is 8. The van der Waals surface area contributed by atoms with Crippen LogP contribution in [-0.2, 0) is 9.53 Å². The molecule has 3 heterocycles. The third kappa shape index (κ3) is 6.56. The number of ether oxygens (including phenoxy) is 2. The molecule has 3 N–H and O–H groups in total. The lowest BCUT2D eigenvalue weighted by molar-refractivity contribution is -0.126. The van der Waals surface area contributed by atoms with Crippen molar-refractivity contribution in [3.05, 3.63) is 71.9 Å². The van der Waals surface area contributed by atoms with Crippen LogP contribution in [-0.4, -0.2) is 77.6 Å². The summed E-state index contributed by atoms with van der Waals surface area (Å²) in [6.45, 7) is 3.14. The highest BCUT2D eigenvalue weighted by Crippen LogP contribution is 2.29. The Bertz CT molecular complexity index is 1680. The first-order valence-corrected chi connectivity index (χ1v) is 14.2. The van der Waals surface area contributed by atoms with E-state index in [0.29, 0.717) is 54.2 Å². The molecular weight excluding hydrogens is 569 g/mol. The number of aryl methyl sites for hydroxylation is 1. The Morgan fingerprint density at radius 3 is 2.59 bits per heavy atom. The minimum Gasteiger partial charge on any atom is -0.494 e. The van der Waals surface area contributed by atoms with Gasteiger partial charge in [0.25, 0.3) is 5.91 Å². The van der Waals surface area contributed by atoms with Gasteiger partial charge in [-0.3, -0.25) is 14.0 Å². The average Bonchev–Trinajstić information content (AvgIpc) is 3.48. The summed E-state index contributed by atoms with van der Waals surface area (Å²) in [5.74, 6) is -0.182. The topological polar surface area (TPSA) is 139 Å². The van der Waals surface area contributed by atoms with Gasteiger partial charge in [0.2, 0.25) is 5.91 Å². The van der Waals surface area contributed by atoms with E-state index < -0.39 is 11.9 Å². The minimum atomic E-state index is -0.546. The molecule has 13 heteroatoms. The Hall–Kier alpha value is -5.20. The molecule has 0 bridgehead atoms. The summed E-state index contributed by atoms with van der Waals surface area (Å²) in [4.78, 5) is 47.7. The van der Waals surface area contributed by atoms with Crippen LogP contribution in [0.15, 0.2) is 55.0 Å². The van der Waals surface area contributed by atoms with Gasteiger partial charge < -0.3 is 30.3 Å². The lowest BCUT2D eigenvalue weighted by Crippen LogP contribution is -2.43. The fraction of sp³-hybridized carbons (Fsp3) is 0.323. The van der Waals surface area contributed by atoms with Crippen molar-refractivity contribution < 1.29 is 28.2 Å². The maximum atomic E-state index is 14.4. The number of alkyl carbamates (subject to hydrolysis) is 1. The average molecular weight is 604 g/mol. The number of carbonyl (C=O) groups is 3. The minimum absolute atomic E-state index is 0.0864. The predicted octanol–water partition coefficient (Wildman–Crippen LogP) is 3.92. The van der Waals surface area contributed by atoms with Crippen LogP contribution in [0.1, 0.15) is 28.8 Å². The number of likely N-dealkylation sites (tertiary alicyclic amines) is 1. The number of benzene rings is 2. The van der Waals surface area contributed by atoms with E-state index >= 15 is 0 Å². The van der Waals surface area contributed by atoms with Crippen molar-refractivity contribution in [2.24, 2.45) is 5.92 Å². The second-order valence-electron chi connectivity index (χ2n) is 10.4. The second-order valence-corrected chi connectivity index (χ2v) is 10.4. The standard InChI is InChI=1S/C31H34FN7O5/c1-19-16-22(37-27-28-36-18-25(39(28)14-10-34-27)21-4-7-26(43-3)24(32)17-21)5-6-23(19)30(41)38-12-8-20(9-13-38)29(40)35-11-15-44-31(42)33-2/h4-7,10,14,16-18,20H,8-9,11-13,15H2,1-3H3,(H,33,42)(H,34,37)(H,35,40). The quantitative estimate of drug-likeness (QED) is 0.245. The molecule has 0 aliphatic carbocycles. The first kappa shape index (κ1) is 30.3. The van der Waals surface area contributed by atoms with E-state index in [1.807, 2.05) is 23.5 Å². The fourth-order valence-corrected chi connectivity index (χ4v) is 5.21. The van der Waals surface area contributed by atoms with E-state index in [4.69, 9.17) is 9.47 Å². The number of imidazole rings is 1. The molecule has 2 aromatic carbocycles. The van der Waals surface area contributed by atoms with E-state index in [-0.39, 0.29) is 36.6 Å². The van der Waals surface area contributed by atoms with E-state index in [9.17, 15) is 18.8 Å². The number of fused-ring (bicyclic) bond motifs is 1. The molecule has 44 heavy (non-hydrogen) atoms. The van der Waals surface area contributed by atoms with Gasteiger partial charge in [-0.1, -0.05) is 0 Å². The van der Waals surface area contributed by atoms with E-state index in [2.05, 4.69) is 25.9 Å². The highest BCUT2D eigenvalue weighted by Gasteiger charge is 2.28. The maximum absolute atomic E-state index is 14.4. The molecule has 1 aliphatic rings. The molecule has 2 aromatic heterocycles. The molecule has 0 spiro atoms. The summed E-state index contributed by atoms with van der Waals surface area (Å²) in [6, 6.07) is 10.2. The van der Waals surface area contributed by atoms with Gasteiger partial charge >= 0.3 is 6.09 Å². The number of rotatable bonds is 9. The monoisotopic (exact) mass is 603 g/mol. The number of hydrogen-bond donors (Lipinski definition) is 3. The van der Waals surface area contributed by atoms with Crippen LogP contribution in [0.25, 0.3) is 16.9 Å². The van der Waals surface area contributed by atoms with E-state index in [1.54, 1.807) is 41.7 Å². The molecule has 5 rings (SSSR count). The highest BCUT2D eigenvalue weighted by atomic mass is 19.1. The summed E-state index contributed by atoms with van der Waals surface area (Å²) in [6.07, 6.45) is 5.61. The Labute approximate surface area is 253 Å². The summed E-state index contributed by atoms with van der Waals surface area (Å²) in [5, 5.41) is 8.42. The third-order valence-corrected chi connectivity index (χ3v) is 7.59. The van der Waals surface area contributed by atoms with Crippen molar-refractivity contribution in [1.82, 2.24) is 29.9 Å². The molecule has 230 valence electrons. The van der Waals surface area contributed by atoms with Gasteiger partial charge in [-0.25, -0.2) is 19.2 Å². The fourth-order valence-electron chi connectivity index (χ4n) is 5.21. The summed E-state index contributed by atoms with van der Waals surface area (Å²) < 4.78 is 26.1. The summed E-state index contributed by atoms with van der Waals surface area (Å²) in [7, 11) is 2.89. The Morgan fingerprint density at radius 2 is 1.89 bits per heavy atom. The van der Waals surface area contributed by atoms with Crippen LogP contribution in [0, 0.1) is 18.7 Å². The second kappa shape index (κ2) is 13.4. The zero-order valence-corrected chi connectivity index (χ0v) is 24.7. The van der Waals surface area contributed by atoms with Crippen LogP contribution in [0.3, 0.4) is 0 Å². The molecule has 1 saturated heterocycles. The largest absolute Gasteiger partial charge is 0.494 e. The Balaban J connectivity index is 1.21. The van der Waals surface area contributed by atoms with Crippen molar-refractivity contribution in [1.29, 1.82) is 0 Å². The molecule has 1 fully saturated rings. The molecule has 4 aromatic rings. The zero-order chi connectivity index (χ0) is 31.2. The molecule has 1 aliphatic heterocycles. The summed E-state index contributed by atoms with van der Waals surface area (Å²) in [5.41, 5.74) is 4.00. The number of amides is 3. The van der Waals surface area contributed by atoms with Crippen molar-refractivity contribution in [2.75, 3.05) is 45.7 Å². The first-order chi connectivity index (χ1) is 21.3. The third-order valence-electron chi connectivity index (χ3n) is 7.59. The summed E-state index contributed by atoms with van der Waals surface area (Å²) >= 11 is 0. The van der Waals surface area contributed by atoms with Crippen LogP contribution in [0.5, 0.6) is 5.75 Å². The number of anilines is 2. The maximum Gasteiger partial charge on any atom is 0.406 e. The lowest BCUT2D eigenvalue weighted by Gasteiger charge is -2.31.